The minimum Gasteiger partial charge on any atom is -0.389 e. The van der Waals surface area contributed by atoms with Gasteiger partial charge in [0.2, 0.25) is 0 Å². The van der Waals surface area contributed by atoms with E-state index in [0.29, 0.717) is 19.3 Å². The van der Waals surface area contributed by atoms with Gasteiger partial charge in [0, 0.05) is 38.0 Å². The standard InChI is InChI=1S/C17H28N2O2/c1-3-21-13-17(20)12-19-10-8-16(9-11-19)18-15-6-4-14(2)5-7-15/h4-7,16-18,20H,3,8-13H2,1-2H3. The summed E-state index contributed by atoms with van der Waals surface area (Å²) in [5.74, 6) is 0. The molecular formula is C17H28N2O2. The molecule has 1 aliphatic rings. The molecule has 118 valence electrons. The molecule has 1 atom stereocenters. The lowest BCUT2D eigenvalue weighted by Gasteiger charge is -2.33. The molecule has 0 radical (unpaired) electrons. The maximum absolute atomic E-state index is 9.88. The number of β-amino-alcohol motifs (C(OH)–C–C–N with tert-alkyl or cyclic N) is 1. The summed E-state index contributed by atoms with van der Waals surface area (Å²) in [6, 6.07) is 9.11. The van der Waals surface area contributed by atoms with Gasteiger partial charge in [-0.05, 0) is 38.8 Å². The molecule has 4 heteroatoms. The fourth-order valence-corrected chi connectivity index (χ4v) is 2.75. The van der Waals surface area contributed by atoms with Gasteiger partial charge in [0.15, 0.2) is 0 Å². The van der Waals surface area contributed by atoms with E-state index in [1.807, 2.05) is 6.92 Å². The summed E-state index contributed by atoms with van der Waals surface area (Å²) in [7, 11) is 0. The number of hydrogen-bond donors (Lipinski definition) is 2. The van der Waals surface area contributed by atoms with Crippen LogP contribution in [0.2, 0.25) is 0 Å². The van der Waals surface area contributed by atoms with Gasteiger partial charge in [-0.1, -0.05) is 17.7 Å². The van der Waals surface area contributed by atoms with Crippen molar-refractivity contribution in [3.63, 3.8) is 0 Å². The van der Waals surface area contributed by atoms with Crippen LogP contribution in [0.3, 0.4) is 0 Å². The van der Waals surface area contributed by atoms with Gasteiger partial charge in [-0.25, -0.2) is 0 Å². The molecule has 4 nitrogen and oxygen atoms in total. The zero-order valence-corrected chi connectivity index (χ0v) is 13.2. The van der Waals surface area contributed by atoms with E-state index < -0.39 is 0 Å². The summed E-state index contributed by atoms with van der Waals surface area (Å²) >= 11 is 0. The van der Waals surface area contributed by atoms with Gasteiger partial charge in [0.25, 0.3) is 0 Å². The summed E-state index contributed by atoms with van der Waals surface area (Å²) in [6.45, 7) is 7.96. The lowest BCUT2D eigenvalue weighted by Crippen LogP contribution is -2.43. The maximum atomic E-state index is 9.88. The van der Waals surface area contributed by atoms with E-state index in [9.17, 15) is 5.11 Å². The highest BCUT2D eigenvalue weighted by Crippen LogP contribution is 2.17. The Morgan fingerprint density at radius 1 is 1.29 bits per heavy atom. The Kier molecular flexibility index (Phi) is 6.49. The molecule has 0 bridgehead atoms. The molecule has 1 aromatic rings. The Hall–Kier alpha value is -1.10. The highest BCUT2D eigenvalue weighted by molar-refractivity contribution is 5.45. The minimum absolute atomic E-state index is 0.369. The van der Waals surface area contributed by atoms with Gasteiger partial charge < -0.3 is 20.1 Å². The SMILES string of the molecule is CCOCC(O)CN1CCC(Nc2ccc(C)cc2)CC1. The zero-order valence-electron chi connectivity index (χ0n) is 13.2. The Labute approximate surface area is 128 Å². The van der Waals surface area contributed by atoms with Crippen LogP contribution in [0.1, 0.15) is 25.3 Å². The van der Waals surface area contributed by atoms with Gasteiger partial charge in [0.05, 0.1) is 12.7 Å². The maximum Gasteiger partial charge on any atom is 0.0900 e. The number of aliphatic hydroxyl groups is 1. The minimum atomic E-state index is -0.369. The molecule has 0 aliphatic carbocycles. The van der Waals surface area contributed by atoms with E-state index in [4.69, 9.17) is 4.74 Å². The van der Waals surface area contributed by atoms with E-state index in [-0.39, 0.29) is 6.10 Å². The first-order valence-electron chi connectivity index (χ1n) is 7.98. The number of benzene rings is 1. The van der Waals surface area contributed by atoms with Crippen molar-refractivity contribution >= 4 is 5.69 Å². The molecule has 1 aromatic carbocycles. The molecule has 1 fully saturated rings. The third kappa shape index (κ3) is 5.65. The van der Waals surface area contributed by atoms with Crippen molar-refractivity contribution in [3.05, 3.63) is 29.8 Å². The number of hydrogen-bond acceptors (Lipinski definition) is 4. The van der Waals surface area contributed by atoms with Crippen LogP contribution in [0.4, 0.5) is 5.69 Å². The Balaban J connectivity index is 1.69. The molecular weight excluding hydrogens is 264 g/mol. The second-order valence-corrected chi connectivity index (χ2v) is 5.90. The van der Waals surface area contributed by atoms with Crippen LogP contribution in [0, 0.1) is 6.92 Å². The van der Waals surface area contributed by atoms with Crippen molar-refractivity contribution in [2.75, 3.05) is 38.2 Å². The molecule has 0 saturated carbocycles. The third-order valence-electron chi connectivity index (χ3n) is 3.99. The van der Waals surface area contributed by atoms with Gasteiger partial charge in [-0.2, -0.15) is 0 Å². The van der Waals surface area contributed by atoms with Gasteiger partial charge in [0.1, 0.15) is 0 Å². The van der Waals surface area contributed by atoms with Crippen molar-refractivity contribution < 1.29 is 9.84 Å². The molecule has 0 amide bonds. The van der Waals surface area contributed by atoms with Crippen LogP contribution >= 0.6 is 0 Å². The lowest BCUT2D eigenvalue weighted by atomic mass is 10.0. The molecule has 1 saturated heterocycles. The zero-order chi connectivity index (χ0) is 15.1. The van der Waals surface area contributed by atoms with Gasteiger partial charge in [-0.3, -0.25) is 0 Å². The number of aliphatic hydroxyl groups excluding tert-OH is 1. The van der Waals surface area contributed by atoms with Crippen LogP contribution < -0.4 is 5.32 Å². The number of rotatable bonds is 7. The molecule has 2 N–H and O–H groups in total. The van der Waals surface area contributed by atoms with Gasteiger partial charge in [-0.15, -0.1) is 0 Å². The number of nitrogens with one attached hydrogen (secondary N) is 1. The summed E-state index contributed by atoms with van der Waals surface area (Å²) in [5, 5.41) is 13.5. The number of piperidine rings is 1. The molecule has 0 spiro atoms. The highest BCUT2D eigenvalue weighted by atomic mass is 16.5. The van der Waals surface area contributed by atoms with Crippen molar-refractivity contribution in [1.82, 2.24) is 4.90 Å². The molecule has 2 rings (SSSR count). The van der Waals surface area contributed by atoms with Gasteiger partial charge >= 0.3 is 0 Å². The highest BCUT2D eigenvalue weighted by Gasteiger charge is 2.20. The molecule has 1 aliphatic heterocycles. The first-order valence-corrected chi connectivity index (χ1v) is 7.98. The quantitative estimate of drug-likeness (QED) is 0.809. The Morgan fingerprint density at radius 3 is 2.57 bits per heavy atom. The fourth-order valence-electron chi connectivity index (χ4n) is 2.75. The molecule has 1 unspecified atom stereocenters. The predicted octanol–water partition coefficient (Wildman–Crippen LogP) is 2.27. The molecule has 1 heterocycles. The largest absolute Gasteiger partial charge is 0.389 e. The second-order valence-electron chi connectivity index (χ2n) is 5.90. The number of anilines is 1. The third-order valence-corrected chi connectivity index (χ3v) is 3.99. The summed E-state index contributed by atoms with van der Waals surface area (Å²) < 4.78 is 5.26. The van der Waals surface area contributed by atoms with Crippen LogP contribution in [0.5, 0.6) is 0 Å². The number of nitrogens with zero attached hydrogens (tertiary/aromatic N) is 1. The van der Waals surface area contributed by atoms with Crippen LogP contribution in [0.25, 0.3) is 0 Å². The second kappa shape index (κ2) is 8.37. The number of likely N-dealkylation sites (tertiary alicyclic amines) is 1. The van der Waals surface area contributed by atoms with Crippen LogP contribution in [-0.2, 0) is 4.74 Å². The van der Waals surface area contributed by atoms with E-state index in [1.165, 1.54) is 11.3 Å². The number of aryl methyl sites for hydroxylation is 1. The lowest BCUT2D eigenvalue weighted by molar-refractivity contribution is 0.0173. The summed E-state index contributed by atoms with van der Waals surface area (Å²) in [6.07, 6.45) is 1.87. The monoisotopic (exact) mass is 292 g/mol. The van der Waals surface area contributed by atoms with E-state index >= 15 is 0 Å². The Bertz CT molecular complexity index is 400. The van der Waals surface area contributed by atoms with E-state index in [1.54, 1.807) is 0 Å². The van der Waals surface area contributed by atoms with E-state index in [0.717, 1.165) is 32.5 Å². The Morgan fingerprint density at radius 2 is 1.95 bits per heavy atom. The smallest absolute Gasteiger partial charge is 0.0900 e. The first-order chi connectivity index (χ1) is 10.2. The fraction of sp³-hybridized carbons (Fsp3) is 0.647. The van der Waals surface area contributed by atoms with Crippen molar-refractivity contribution in [1.29, 1.82) is 0 Å². The number of ether oxygens (including phenoxy) is 1. The van der Waals surface area contributed by atoms with Crippen LogP contribution in [0.15, 0.2) is 24.3 Å². The van der Waals surface area contributed by atoms with Crippen LogP contribution in [-0.4, -0.2) is 55.0 Å². The van der Waals surface area contributed by atoms with Crippen molar-refractivity contribution in [2.45, 2.75) is 38.8 Å². The molecule has 21 heavy (non-hydrogen) atoms. The van der Waals surface area contributed by atoms with Crippen molar-refractivity contribution in [2.24, 2.45) is 0 Å². The average Bonchev–Trinajstić information content (AvgIpc) is 2.49. The van der Waals surface area contributed by atoms with Crippen molar-refractivity contribution in [3.8, 4) is 0 Å². The topological polar surface area (TPSA) is 44.7 Å². The summed E-state index contributed by atoms with van der Waals surface area (Å²) in [4.78, 5) is 2.33. The van der Waals surface area contributed by atoms with E-state index in [2.05, 4.69) is 41.4 Å². The average molecular weight is 292 g/mol. The first kappa shape index (κ1) is 16.3. The molecule has 0 aromatic heterocycles. The summed E-state index contributed by atoms with van der Waals surface area (Å²) in [5.41, 5.74) is 2.49. The normalized spacial score (nSPS) is 18.6. The predicted molar refractivity (Wildman–Crippen MR) is 86.8 cm³/mol.